The number of nitrogens with zero attached hydrogens (tertiary/aromatic N) is 1. The third-order valence-corrected chi connectivity index (χ3v) is 3.36. The van der Waals surface area contributed by atoms with E-state index in [0.29, 0.717) is 10.0 Å². The van der Waals surface area contributed by atoms with Crippen molar-refractivity contribution < 1.29 is 9.31 Å². The molecule has 0 radical (unpaired) electrons. The third kappa shape index (κ3) is 3.46. The SMILES string of the molecule is O=[N+]([O-])c1cc(Br)cc(CNc2c(F)cccc2Cl)c1. The van der Waals surface area contributed by atoms with Crippen LogP contribution in [0.4, 0.5) is 15.8 Å². The lowest BCUT2D eigenvalue weighted by molar-refractivity contribution is -0.385. The summed E-state index contributed by atoms with van der Waals surface area (Å²) in [6, 6.07) is 8.90. The van der Waals surface area contributed by atoms with Crippen molar-refractivity contribution in [1.82, 2.24) is 0 Å². The summed E-state index contributed by atoms with van der Waals surface area (Å²) in [5.74, 6) is -0.470. The minimum Gasteiger partial charge on any atom is -0.377 e. The van der Waals surface area contributed by atoms with Crippen LogP contribution in [0.25, 0.3) is 0 Å². The molecular formula is C13H9BrClFN2O2. The highest BCUT2D eigenvalue weighted by Crippen LogP contribution is 2.26. The zero-order valence-corrected chi connectivity index (χ0v) is 12.4. The lowest BCUT2D eigenvalue weighted by Gasteiger charge is -2.09. The van der Waals surface area contributed by atoms with Crippen LogP contribution in [0.3, 0.4) is 0 Å². The molecule has 0 aliphatic rings. The van der Waals surface area contributed by atoms with Crippen LogP contribution < -0.4 is 5.32 Å². The van der Waals surface area contributed by atoms with Crippen LogP contribution in [0.2, 0.25) is 5.02 Å². The summed E-state index contributed by atoms with van der Waals surface area (Å²) in [7, 11) is 0. The topological polar surface area (TPSA) is 55.2 Å². The minimum atomic E-state index is -0.482. The van der Waals surface area contributed by atoms with Crippen LogP contribution in [-0.4, -0.2) is 4.92 Å². The van der Waals surface area contributed by atoms with Crippen molar-refractivity contribution in [3.63, 3.8) is 0 Å². The number of hydrogen-bond acceptors (Lipinski definition) is 3. The van der Waals surface area contributed by atoms with Crippen molar-refractivity contribution in [2.75, 3.05) is 5.32 Å². The van der Waals surface area contributed by atoms with Crippen molar-refractivity contribution in [2.45, 2.75) is 6.54 Å². The molecule has 0 bridgehead atoms. The van der Waals surface area contributed by atoms with Gasteiger partial charge in [-0.15, -0.1) is 0 Å². The number of nitrogens with one attached hydrogen (secondary N) is 1. The highest BCUT2D eigenvalue weighted by molar-refractivity contribution is 9.10. The molecule has 0 fully saturated rings. The number of non-ortho nitro benzene ring substituents is 1. The van der Waals surface area contributed by atoms with E-state index in [4.69, 9.17) is 11.6 Å². The van der Waals surface area contributed by atoms with Crippen LogP contribution in [0.5, 0.6) is 0 Å². The van der Waals surface area contributed by atoms with Gasteiger partial charge in [0.25, 0.3) is 5.69 Å². The van der Waals surface area contributed by atoms with Gasteiger partial charge < -0.3 is 5.32 Å². The Morgan fingerprint density at radius 3 is 2.75 bits per heavy atom. The fourth-order valence-corrected chi connectivity index (χ4v) is 2.46. The Morgan fingerprint density at radius 1 is 1.35 bits per heavy atom. The van der Waals surface area contributed by atoms with Gasteiger partial charge in [0.1, 0.15) is 5.82 Å². The summed E-state index contributed by atoms with van der Waals surface area (Å²) >= 11 is 9.09. The molecule has 1 N–H and O–H groups in total. The Bertz CT molecular complexity index is 647. The number of nitro groups is 1. The molecule has 0 saturated carbocycles. The maximum atomic E-state index is 13.6. The average molecular weight is 360 g/mol. The van der Waals surface area contributed by atoms with Gasteiger partial charge in [0.15, 0.2) is 0 Å². The average Bonchev–Trinajstić information content (AvgIpc) is 2.37. The molecule has 0 amide bonds. The molecule has 0 heterocycles. The van der Waals surface area contributed by atoms with E-state index < -0.39 is 10.7 Å². The monoisotopic (exact) mass is 358 g/mol. The minimum absolute atomic E-state index is 0.0317. The van der Waals surface area contributed by atoms with E-state index in [1.165, 1.54) is 24.3 Å². The van der Waals surface area contributed by atoms with Crippen LogP contribution in [-0.2, 0) is 6.54 Å². The quantitative estimate of drug-likeness (QED) is 0.632. The smallest absolute Gasteiger partial charge is 0.270 e. The zero-order valence-electron chi connectivity index (χ0n) is 10.1. The van der Waals surface area contributed by atoms with E-state index in [1.54, 1.807) is 12.1 Å². The summed E-state index contributed by atoms with van der Waals surface area (Å²) in [5, 5.41) is 13.9. The molecule has 7 heteroatoms. The molecule has 2 aromatic rings. The number of anilines is 1. The molecule has 104 valence electrons. The van der Waals surface area contributed by atoms with Gasteiger partial charge in [-0.05, 0) is 23.8 Å². The van der Waals surface area contributed by atoms with Gasteiger partial charge in [-0.2, -0.15) is 0 Å². The second kappa shape index (κ2) is 6.19. The van der Waals surface area contributed by atoms with Crippen LogP contribution in [0.15, 0.2) is 40.9 Å². The predicted octanol–water partition coefficient (Wildman–Crippen LogP) is 4.76. The van der Waals surface area contributed by atoms with Crippen LogP contribution >= 0.6 is 27.5 Å². The van der Waals surface area contributed by atoms with Gasteiger partial charge in [0.2, 0.25) is 0 Å². The van der Waals surface area contributed by atoms with Crippen LogP contribution in [0, 0.1) is 15.9 Å². The Balaban J connectivity index is 2.21. The zero-order chi connectivity index (χ0) is 14.7. The van der Waals surface area contributed by atoms with E-state index in [0.717, 1.165) is 0 Å². The standard InChI is InChI=1S/C13H9BrClFN2O2/c14-9-4-8(5-10(6-9)18(19)20)7-17-13-11(15)2-1-3-12(13)16/h1-6,17H,7H2. The van der Waals surface area contributed by atoms with Crippen molar-refractivity contribution in [3.8, 4) is 0 Å². The number of nitro benzene ring substituents is 1. The Kier molecular flexibility index (Phi) is 4.57. The largest absolute Gasteiger partial charge is 0.377 e. The fraction of sp³-hybridized carbons (Fsp3) is 0.0769. The second-order valence-electron chi connectivity index (χ2n) is 4.02. The molecule has 0 aliphatic carbocycles. The lowest BCUT2D eigenvalue weighted by Crippen LogP contribution is -2.03. The number of rotatable bonds is 4. The summed E-state index contributed by atoms with van der Waals surface area (Å²) in [5.41, 5.74) is 0.790. The van der Waals surface area contributed by atoms with Gasteiger partial charge >= 0.3 is 0 Å². The Labute approximate surface area is 127 Å². The van der Waals surface area contributed by atoms with E-state index in [-0.39, 0.29) is 22.9 Å². The molecule has 0 atom stereocenters. The lowest BCUT2D eigenvalue weighted by atomic mass is 10.2. The Hall–Kier alpha value is -1.66. The highest BCUT2D eigenvalue weighted by Gasteiger charge is 2.10. The number of halogens is 3. The molecule has 0 aliphatic heterocycles. The first kappa shape index (κ1) is 14.7. The first-order valence-electron chi connectivity index (χ1n) is 5.59. The summed E-state index contributed by atoms with van der Waals surface area (Å²) < 4.78 is 14.2. The number of hydrogen-bond donors (Lipinski definition) is 1. The highest BCUT2D eigenvalue weighted by atomic mass is 79.9. The van der Waals surface area contributed by atoms with Gasteiger partial charge in [-0.25, -0.2) is 4.39 Å². The van der Waals surface area contributed by atoms with Crippen molar-refractivity contribution >= 4 is 38.9 Å². The van der Waals surface area contributed by atoms with Gasteiger partial charge in [-0.1, -0.05) is 33.6 Å². The molecule has 0 spiro atoms. The summed E-state index contributed by atoms with van der Waals surface area (Å²) in [4.78, 5) is 10.3. The normalized spacial score (nSPS) is 10.3. The van der Waals surface area contributed by atoms with E-state index in [1.807, 2.05) is 0 Å². The van der Waals surface area contributed by atoms with Crippen molar-refractivity contribution in [1.29, 1.82) is 0 Å². The molecule has 4 nitrogen and oxygen atoms in total. The predicted molar refractivity (Wildman–Crippen MR) is 79.5 cm³/mol. The van der Waals surface area contributed by atoms with Gasteiger partial charge in [0, 0.05) is 23.2 Å². The molecule has 20 heavy (non-hydrogen) atoms. The maximum Gasteiger partial charge on any atom is 0.270 e. The van der Waals surface area contributed by atoms with Gasteiger partial charge in [-0.3, -0.25) is 10.1 Å². The first-order valence-corrected chi connectivity index (χ1v) is 6.76. The molecule has 0 aromatic heterocycles. The van der Waals surface area contributed by atoms with Crippen molar-refractivity contribution in [3.05, 3.63) is 67.4 Å². The van der Waals surface area contributed by atoms with E-state index in [2.05, 4.69) is 21.2 Å². The Morgan fingerprint density at radius 2 is 2.10 bits per heavy atom. The second-order valence-corrected chi connectivity index (χ2v) is 5.35. The molecule has 0 unspecified atom stereocenters. The third-order valence-electron chi connectivity index (χ3n) is 2.59. The van der Waals surface area contributed by atoms with Crippen molar-refractivity contribution in [2.24, 2.45) is 0 Å². The summed E-state index contributed by atoms with van der Waals surface area (Å²) in [6.45, 7) is 0.223. The molecular weight excluding hydrogens is 351 g/mol. The molecule has 0 saturated heterocycles. The van der Waals surface area contributed by atoms with E-state index >= 15 is 0 Å². The molecule has 2 aromatic carbocycles. The summed E-state index contributed by atoms with van der Waals surface area (Å²) in [6.07, 6.45) is 0. The number of para-hydroxylation sites is 1. The first-order chi connectivity index (χ1) is 9.47. The fourth-order valence-electron chi connectivity index (χ4n) is 1.70. The maximum absolute atomic E-state index is 13.6. The van der Waals surface area contributed by atoms with Crippen LogP contribution in [0.1, 0.15) is 5.56 Å². The number of benzene rings is 2. The van der Waals surface area contributed by atoms with Gasteiger partial charge in [0.05, 0.1) is 15.6 Å². The molecule has 2 rings (SSSR count). The van der Waals surface area contributed by atoms with E-state index in [9.17, 15) is 14.5 Å².